The lowest BCUT2D eigenvalue weighted by Gasteiger charge is -2.13. The Labute approximate surface area is 204 Å². The third-order valence-electron chi connectivity index (χ3n) is 5.15. The zero-order valence-corrected chi connectivity index (χ0v) is 19.4. The maximum Gasteiger partial charge on any atom is 0.421 e. The fourth-order valence-electron chi connectivity index (χ4n) is 3.36. The van der Waals surface area contributed by atoms with Crippen molar-refractivity contribution in [2.24, 2.45) is 0 Å². The highest BCUT2D eigenvalue weighted by molar-refractivity contribution is 5.92. The van der Waals surface area contributed by atoms with Gasteiger partial charge in [-0.25, -0.2) is 15.0 Å². The predicted octanol–water partition coefficient (Wildman–Crippen LogP) is 4.71. The second kappa shape index (κ2) is 10.4. The van der Waals surface area contributed by atoms with E-state index in [2.05, 4.69) is 35.4 Å². The van der Waals surface area contributed by atoms with Gasteiger partial charge in [-0.3, -0.25) is 9.48 Å². The molecule has 4 aromatic rings. The molecule has 0 radical (unpaired) electrons. The molecular formula is C24H22F3N7O2. The van der Waals surface area contributed by atoms with Gasteiger partial charge >= 0.3 is 6.18 Å². The van der Waals surface area contributed by atoms with Crippen molar-refractivity contribution in [3.05, 3.63) is 72.4 Å². The van der Waals surface area contributed by atoms with Gasteiger partial charge in [0.15, 0.2) is 0 Å². The SMILES string of the molecule is CCn1cc(Nc2ncc(-c3ccc(CC(=O)Nc4cnc(OC)c(C(F)(F)F)c4)cc3)cn2)cn1. The molecule has 36 heavy (non-hydrogen) atoms. The van der Waals surface area contributed by atoms with Crippen molar-refractivity contribution < 1.29 is 22.7 Å². The minimum Gasteiger partial charge on any atom is -0.481 e. The molecule has 3 heterocycles. The van der Waals surface area contributed by atoms with E-state index in [-0.39, 0.29) is 12.1 Å². The summed E-state index contributed by atoms with van der Waals surface area (Å²) in [6.07, 6.45) is 3.32. The van der Waals surface area contributed by atoms with Crippen molar-refractivity contribution in [2.75, 3.05) is 17.7 Å². The highest BCUT2D eigenvalue weighted by Gasteiger charge is 2.35. The van der Waals surface area contributed by atoms with Crippen molar-refractivity contribution >= 4 is 23.2 Å². The Bertz CT molecular complexity index is 1340. The molecule has 0 atom stereocenters. The summed E-state index contributed by atoms with van der Waals surface area (Å²) in [6, 6.07) is 7.94. The summed E-state index contributed by atoms with van der Waals surface area (Å²) in [4.78, 5) is 24.6. The van der Waals surface area contributed by atoms with Gasteiger partial charge in [0.25, 0.3) is 0 Å². The number of carbonyl (C=O) groups is 1. The van der Waals surface area contributed by atoms with Crippen LogP contribution in [-0.2, 0) is 23.9 Å². The fraction of sp³-hybridized carbons (Fsp3) is 0.208. The molecule has 0 aliphatic heterocycles. The Kier molecular flexibility index (Phi) is 7.13. The average molecular weight is 497 g/mol. The van der Waals surface area contributed by atoms with Crippen molar-refractivity contribution in [2.45, 2.75) is 26.1 Å². The molecule has 3 aromatic heterocycles. The van der Waals surface area contributed by atoms with Gasteiger partial charge in [-0.1, -0.05) is 24.3 Å². The number of halogens is 3. The number of carbonyl (C=O) groups excluding carboxylic acids is 1. The van der Waals surface area contributed by atoms with E-state index >= 15 is 0 Å². The number of anilines is 3. The molecule has 9 nitrogen and oxygen atoms in total. The second-order valence-electron chi connectivity index (χ2n) is 7.71. The number of pyridine rings is 1. The maximum absolute atomic E-state index is 13.2. The minimum absolute atomic E-state index is 0.0293. The Morgan fingerprint density at radius 3 is 2.33 bits per heavy atom. The highest BCUT2D eigenvalue weighted by atomic mass is 19.4. The molecule has 186 valence electrons. The van der Waals surface area contributed by atoms with Gasteiger partial charge in [0.2, 0.25) is 17.7 Å². The third-order valence-corrected chi connectivity index (χ3v) is 5.15. The quantitative estimate of drug-likeness (QED) is 0.363. The van der Waals surface area contributed by atoms with Crippen molar-refractivity contribution in [3.63, 3.8) is 0 Å². The van der Waals surface area contributed by atoms with Gasteiger partial charge in [0.1, 0.15) is 5.56 Å². The van der Waals surface area contributed by atoms with Crippen LogP contribution in [0.25, 0.3) is 11.1 Å². The summed E-state index contributed by atoms with van der Waals surface area (Å²) < 4.78 is 45.9. The molecule has 0 fully saturated rings. The first-order chi connectivity index (χ1) is 17.2. The monoisotopic (exact) mass is 497 g/mol. The van der Waals surface area contributed by atoms with Gasteiger partial charge in [0, 0.05) is 30.7 Å². The number of aryl methyl sites for hydroxylation is 1. The number of aromatic nitrogens is 5. The van der Waals surface area contributed by atoms with Crippen LogP contribution in [0, 0.1) is 0 Å². The largest absolute Gasteiger partial charge is 0.481 e. The summed E-state index contributed by atoms with van der Waals surface area (Å²) in [7, 11) is 1.10. The number of amides is 1. The van der Waals surface area contributed by atoms with E-state index in [4.69, 9.17) is 0 Å². The third kappa shape index (κ3) is 5.95. The summed E-state index contributed by atoms with van der Waals surface area (Å²) in [5, 5.41) is 9.71. The van der Waals surface area contributed by atoms with Crippen LogP contribution < -0.4 is 15.4 Å². The Morgan fingerprint density at radius 2 is 1.72 bits per heavy atom. The molecule has 0 saturated carbocycles. The number of alkyl halides is 3. The molecule has 0 bridgehead atoms. The van der Waals surface area contributed by atoms with Gasteiger partial charge in [-0.05, 0) is 24.1 Å². The van der Waals surface area contributed by atoms with E-state index in [1.165, 1.54) is 0 Å². The Balaban J connectivity index is 1.37. The lowest BCUT2D eigenvalue weighted by atomic mass is 10.0. The molecule has 0 spiro atoms. The van der Waals surface area contributed by atoms with Crippen LogP contribution in [0.2, 0.25) is 0 Å². The van der Waals surface area contributed by atoms with E-state index in [0.717, 1.165) is 42.7 Å². The van der Waals surface area contributed by atoms with Gasteiger partial charge in [-0.15, -0.1) is 0 Å². The van der Waals surface area contributed by atoms with E-state index < -0.39 is 23.5 Å². The summed E-state index contributed by atoms with van der Waals surface area (Å²) in [5.74, 6) is -0.603. The van der Waals surface area contributed by atoms with Crippen LogP contribution in [0.1, 0.15) is 18.1 Å². The summed E-state index contributed by atoms with van der Waals surface area (Å²) in [6.45, 7) is 2.75. The van der Waals surface area contributed by atoms with Crippen molar-refractivity contribution in [1.29, 1.82) is 0 Å². The molecule has 0 aliphatic carbocycles. The average Bonchev–Trinajstić information content (AvgIpc) is 3.32. The normalized spacial score (nSPS) is 11.2. The molecular weight excluding hydrogens is 475 g/mol. The number of rotatable bonds is 8. The molecule has 4 rings (SSSR count). The van der Waals surface area contributed by atoms with E-state index in [1.807, 2.05) is 25.3 Å². The predicted molar refractivity (Wildman–Crippen MR) is 127 cm³/mol. The molecule has 12 heteroatoms. The lowest BCUT2D eigenvalue weighted by molar-refractivity contribution is -0.139. The molecule has 0 unspecified atom stereocenters. The van der Waals surface area contributed by atoms with Crippen LogP contribution in [0.15, 0.2) is 61.3 Å². The zero-order valence-electron chi connectivity index (χ0n) is 19.4. The van der Waals surface area contributed by atoms with Crippen molar-refractivity contribution in [1.82, 2.24) is 24.7 Å². The minimum atomic E-state index is -4.66. The lowest BCUT2D eigenvalue weighted by Crippen LogP contribution is -2.16. The number of methoxy groups -OCH3 is 1. The highest BCUT2D eigenvalue weighted by Crippen LogP contribution is 2.36. The number of nitrogens with one attached hydrogen (secondary N) is 2. The standard InChI is InChI=1S/C24H22F3N7O2/c1-3-34-14-19(13-31-34)33-23-29-10-17(11-30-23)16-6-4-15(5-7-16)8-21(35)32-18-9-20(24(25,26)27)22(36-2)28-12-18/h4-7,9-14H,3,8H2,1-2H3,(H,32,35)(H,29,30,33). The molecule has 1 aromatic carbocycles. The van der Waals surface area contributed by atoms with Crippen LogP contribution >= 0.6 is 0 Å². The maximum atomic E-state index is 13.2. The van der Waals surface area contributed by atoms with E-state index in [9.17, 15) is 18.0 Å². The summed E-state index contributed by atoms with van der Waals surface area (Å²) in [5.41, 5.74) is 1.96. The Hall–Kier alpha value is -4.48. The first-order valence-corrected chi connectivity index (χ1v) is 10.9. The van der Waals surface area contributed by atoms with Crippen molar-refractivity contribution in [3.8, 4) is 17.0 Å². The summed E-state index contributed by atoms with van der Waals surface area (Å²) >= 11 is 0. The molecule has 1 amide bonds. The molecule has 0 aliphatic rings. The molecule has 2 N–H and O–H groups in total. The van der Waals surface area contributed by atoms with E-state index in [1.54, 1.807) is 35.4 Å². The smallest absolute Gasteiger partial charge is 0.421 e. The number of hydrogen-bond acceptors (Lipinski definition) is 7. The van der Waals surface area contributed by atoms with Gasteiger partial charge in [-0.2, -0.15) is 18.3 Å². The topological polar surface area (TPSA) is 107 Å². The second-order valence-corrected chi connectivity index (χ2v) is 7.71. The van der Waals surface area contributed by atoms with E-state index in [0.29, 0.717) is 11.5 Å². The van der Waals surface area contributed by atoms with Crippen LogP contribution in [0.4, 0.5) is 30.5 Å². The number of ether oxygens (including phenoxy) is 1. The van der Waals surface area contributed by atoms with Gasteiger partial charge < -0.3 is 15.4 Å². The van der Waals surface area contributed by atoms with Crippen LogP contribution in [0.5, 0.6) is 5.88 Å². The number of hydrogen-bond donors (Lipinski definition) is 2. The first-order valence-electron chi connectivity index (χ1n) is 10.9. The first kappa shape index (κ1) is 24.6. The number of nitrogens with zero attached hydrogens (tertiary/aromatic N) is 5. The van der Waals surface area contributed by atoms with Gasteiger partial charge in [0.05, 0.1) is 37.3 Å². The van der Waals surface area contributed by atoms with Crippen LogP contribution in [-0.4, -0.2) is 37.7 Å². The zero-order chi connectivity index (χ0) is 25.7. The fourth-order valence-corrected chi connectivity index (χ4v) is 3.36. The molecule has 0 saturated heterocycles. The van der Waals surface area contributed by atoms with Crippen LogP contribution in [0.3, 0.4) is 0 Å². The Morgan fingerprint density at radius 1 is 1.00 bits per heavy atom. The number of benzene rings is 1.